The van der Waals surface area contributed by atoms with Crippen LogP contribution in [-0.2, 0) is 0 Å². The van der Waals surface area contributed by atoms with Crippen molar-refractivity contribution in [3.63, 3.8) is 0 Å². The van der Waals surface area contributed by atoms with Crippen LogP contribution in [0.25, 0.3) is 0 Å². The van der Waals surface area contributed by atoms with E-state index < -0.39 is 0 Å². The Labute approximate surface area is 162 Å². The minimum absolute atomic E-state index is 0.0593. The first-order valence-corrected chi connectivity index (χ1v) is 10.2. The van der Waals surface area contributed by atoms with Crippen LogP contribution in [0.2, 0.25) is 0 Å². The molecule has 2 aromatic carbocycles. The van der Waals surface area contributed by atoms with Crippen molar-refractivity contribution >= 4 is 37.6 Å². The Hall–Kier alpha value is -0.930. The zero-order valence-corrected chi connectivity index (χ0v) is 17.8. The molecule has 0 aliphatic rings. The number of carbonyl (C=O) groups excluding carboxylic acids is 1. The van der Waals surface area contributed by atoms with Gasteiger partial charge in [-0.2, -0.15) is 0 Å². The molecule has 0 aromatic heterocycles. The van der Waals surface area contributed by atoms with E-state index in [-0.39, 0.29) is 15.4 Å². The van der Waals surface area contributed by atoms with E-state index >= 15 is 0 Å². The van der Waals surface area contributed by atoms with Gasteiger partial charge in [-0.05, 0) is 28.5 Å². The lowest BCUT2D eigenvalue weighted by Crippen LogP contribution is -2.21. The van der Waals surface area contributed by atoms with Gasteiger partial charge in [-0.3, -0.25) is 4.79 Å². The molecule has 0 aliphatic carbocycles. The Kier molecular flexibility index (Phi) is 6.82. The average molecular weight is 452 g/mol. The summed E-state index contributed by atoms with van der Waals surface area (Å²) in [5.41, 5.74) is 4.32. The molecule has 128 valence electrons. The summed E-state index contributed by atoms with van der Waals surface area (Å²) in [4.78, 5) is 12.7. The summed E-state index contributed by atoms with van der Waals surface area (Å²) < 4.78 is 0. The van der Waals surface area contributed by atoms with Gasteiger partial charge in [0.25, 0.3) is 0 Å². The van der Waals surface area contributed by atoms with Crippen molar-refractivity contribution in [3.8, 4) is 0 Å². The number of ketones is 1. The number of halogens is 2. The normalized spacial score (nSPS) is 14.0. The van der Waals surface area contributed by atoms with Crippen molar-refractivity contribution in [2.75, 3.05) is 0 Å². The molecule has 0 N–H and O–H groups in total. The zero-order chi connectivity index (χ0) is 17.9. The van der Waals surface area contributed by atoms with Crippen molar-refractivity contribution in [3.05, 3.63) is 70.8 Å². The Balaban J connectivity index is 2.35. The van der Waals surface area contributed by atoms with E-state index in [9.17, 15) is 4.79 Å². The van der Waals surface area contributed by atoms with Crippen LogP contribution < -0.4 is 0 Å². The van der Waals surface area contributed by atoms with E-state index in [2.05, 4.69) is 71.7 Å². The summed E-state index contributed by atoms with van der Waals surface area (Å²) in [6.45, 7) is 8.64. The van der Waals surface area contributed by atoms with Crippen LogP contribution in [0, 0.1) is 0 Å². The van der Waals surface area contributed by atoms with Crippen molar-refractivity contribution in [2.24, 2.45) is 0 Å². The highest BCUT2D eigenvalue weighted by Crippen LogP contribution is 2.35. The van der Waals surface area contributed by atoms with Crippen molar-refractivity contribution in [1.29, 1.82) is 0 Å². The zero-order valence-electron chi connectivity index (χ0n) is 14.6. The quantitative estimate of drug-likeness (QED) is 0.340. The van der Waals surface area contributed by atoms with Crippen LogP contribution in [0.1, 0.15) is 71.4 Å². The van der Waals surface area contributed by atoms with Crippen molar-refractivity contribution in [2.45, 2.75) is 49.2 Å². The molecule has 0 amide bonds. The fourth-order valence-electron chi connectivity index (χ4n) is 2.73. The van der Waals surface area contributed by atoms with Crippen molar-refractivity contribution in [1.82, 2.24) is 0 Å². The molecule has 0 bridgehead atoms. The molecular weight excluding hydrogens is 428 g/mol. The van der Waals surface area contributed by atoms with Crippen LogP contribution >= 0.6 is 31.9 Å². The molecule has 0 radical (unpaired) electrons. The molecule has 0 saturated carbocycles. The Morgan fingerprint density at radius 1 is 0.833 bits per heavy atom. The first-order valence-electron chi connectivity index (χ1n) is 8.34. The maximum Gasteiger partial charge on any atom is 0.178 e. The topological polar surface area (TPSA) is 17.1 Å². The second kappa shape index (κ2) is 8.44. The van der Waals surface area contributed by atoms with E-state index in [1.807, 2.05) is 36.4 Å². The Morgan fingerprint density at radius 2 is 1.46 bits per heavy atom. The third-order valence-electron chi connectivity index (χ3n) is 4.26. The lowest BCUT2D eigenvalue weighted by Gasteiger charge is -2.20. The second-order valence-electron chi connectivity index (χ2n) is 6.73. The number of alkyl halides is 2. The molecule has 0 saturated heterocycles. The average Bonchev–Trinajstić information content (AvgIpc) is 2.59. The number of hydrogen-bond acceptors (Lipinski definition) is 1. The molecule has 24 heavy (non-hydrogen) atoms. The highest BCUT2D eigenvalue weighted by Gasteiger charge is 2.28. The molecule has 0 fully saturated rings. The number of benzene rings is 2. The summed E-state index contributed by atoms with van der Waals surface area (Å²) in [6, 6.07) is 16.3. The second-order valence-corrected chi connectivity index (χ2v) is 8.71. The minimum atomic E-state index is -0.303. The van der Waals surface area contributed by atoms with Gasteiger partial charge in [0, 0.05) is 5.56 Å². The van der Waals surface area contributed by atoms with Crippen LogP contribution in [0.4, 0.5) is 0 Å². The SMILES string of the molecule is CC(C)c1ccc(C(=O)[C@H](Br)[C@H](Br)c2ccccc2)c(C(C)C)c1. The summed E-state index contributed by atoms with van der Waals surface area (Å²) in [5.74, 6) is 0.896. The number of rotatable bonds is 6. The van der Waals surface area contributed by atoms with Gasteiger partial charge in [0.1, 0.15) is 0 Å². The predicted octanol–water partition coefficient (Wildman–Crippen LogP) is 7.02. The summed E-state index contributed by atoms with van der Waals surface area (Å²) in [5, 5.41) is 0. The van der Waals surface area contributed by atoms with Crippen molar-refractivity contribution < 1.29 is 4.79 Å². The van der Waals surface area contributed by atoms with Gasteiger partial charge in [0.05, 0.1) is 9.65 Å². The highest BCUT2D eigenvalue weighted by molar-refractivity contribution is 9.12. The summed E-state index contributed by atoms with van der Waals surface area (Å²) in [6.07, 6.45) is 0. The summed E-state index contributed by atoms with van der Waals surface area (Å²) in [7, 11) is 0. The number of hydrogen-bond donors (Lipinski definition) is 0. The fraction of sp³-hybridized carbons (Fsp3) is 0.381. The standard InChI is InChI=1S/C21H24Br2O/c1-13(2)16-10-11-17(18(12-16)14(3)4)21(24)20(23)19(22)15-8-6-5-7-9-15/h5-14,19-20H,1-4H3/t19-,20-/m1/s1. The first kappa shape index (κ1) is 19.4. The van der Waals surface area contributed by atoms with Gasteiger partial charge in [-0.25, -0.2) is 0 Å². The van der Waals surface area contributed by atoms with Gasteiger partial charge < -0.3 is 0 Å². The van der Waals surface area contributed by atoms with Gasteiger partial charge >= 0.3 is 0 Å². The monoisotopic (exact) mass is 450 g/mol. The molecule has 1 nitrogen and oxygen atoms in total. The van der Waals surface area contributed by atoms with E-state index in [0.29, 0.717) is 11.8 Å². The predicted molar refractivity (Wildman–Crippen MR) is 110 cm³/mol. The largest absolute Gasteiger partial charge is 0.293 e. The first-order chi connectivity index (χ1) is 11.3. The maximum absolute atomic E-state index is 13.1. The molecule has 0 spiro atoms. The van der Waals surface area contributed by atoms with Crippen LogP contribution in [0.15, 0.2) is 48.5 Å². The molecule has 2 rings (SSSR count). The molecule has 0 aliphatic heterocycles. The van der Waals surface area contributed by atoms with Crippen LogP contribution in [0.3, 0.4) is 0 Å². The Bertz CT molecular complexity index is 692. The third kappa shape index (κ3) is 4.37. The van der Waals surface area contributed by atoms with E-state index in [4.69, 9.17) is 0 Å². The van der Waals surface area contributed by atoms with Crippen LogP contribution in [-0.4, -0.2) is 10.6 Å². The van der Waals surface area contributed by atoms with Gasteiger partial charge in [-0.1, -0.05) is 108 Å². The van der Waals surface area contributed by atoms with E-state index in [1.165, 1.54) is 5.56 Å². The fourth-order valence-corrected chi connectivity index (χ4v) is 3.83. The smallest absolute Gasteiger partial charge is 0.178 e. The number of carbonyl (C=O) groups is 1. The third-order valence-corrected chi connectivity index (χ3v) is 6.97. The molecule has 2 aromatic rings. The maximum atomic E-state index is 13.1. The highest BCUT2D eigenvalue weighted by atomic mass is 79.9. The minimum Gasteiger partial charge on any atom is -0.293 e. The lowest BCUT2D eigenvalue weighted by molar-refractivity contribution is 0.0989. The van der Waals surface area contributed by atoms with Gasteiger partial charge in [0.15, 0.2) is 5.78 Å². The molecule has 2 atom stereocenters. The number of Topliss-reactive ketones (excluding diaryl/α,β-unsaturated/α-hetero) is 1. The summed E-state index contributed by atoms with van der Waals surface area (Å²) >= 11 is 7.30. The van der Waals surface area contributed by atoms with E-state index in [1.54, 1.807) is 0 Å². The molecule has 0 heterocycles. The molecule has 0 unspecified atom stereocenters. The molecule has 3 heteroatoms. The van der Waals surface area contributed by atoms with Gasteiger partial charge in [-0.15, -0.1) is 0 Å². The van der Waals surface area contributed by atoms with Gasteiger partial charge in [0.2, 0.25) is 0 Å². The molecular formula is C21H24Br2O. The lowest BCUT2D eigenvalue weighted by atomic mass is 9.88. The Morgan fingerprint density at radius 3 is 2.00 bits per heavy atom. The van der Waals surface area contributed by atoms with Crippen LogP contribution in [0.5, 0.6) is 0 Å². The van der Waals surface area contributed by atoms with E-state index in [0.717, 1.165) is 16.7 Å².